The first-order valence-electron chi connectivity index (χ1n) is 13.9. The summed E-state index contributed by atoms with van der Waals surface area (Å²) in [6.07, 6.45) is 3.87. The molecule has 0 unspecified atom stereocenters. The Hall–Kier alpha value is -2.33. The van der Waals surface area contributed by atoms with E-state index in [9.17, 15) is 18.4 Å². The van der Waals surface area contributed by atoms with E-state index in [4.69, 9.17) is 4.98 Å². The van der Waals surface area contributed by atoms with Gasteiger partial charge in [0.2, 0.25) is 17.7 Å². The van der Waals surface area contributed by atoms with Gasteiger partial charge in [0.05, 0.1) is 18.3 Å². The van der Waals surface area contributed by atoms with E-state index in [2.05, 4.69) is 33.2 Å². The van der Waals surface area contributed by atoms with Gasteiger partial charge in [0, 0.05) is 70.0 Å². The molecule has 2 aromatic heterocycles. The van der Waals surface area contributed by atoms with E-state index in [1.807, 2.05) is 10.3 Å². The van der Waals surface area contributed by atoms with Crippen LogP contribution in [0.2, 0.25) is 0 Å². The third-order valence-electron chi connectivity index (χ3n) is 8.68. The van der Waals surface area contributed by atoms with Crippen LogP contribution in [0, 0.1) is 12.8 Å². The van der Waals surface area contributed by atoms with E-state index < -0.39 is 5.92 Å². The molecule has 0 radical (unpaired) electrons. The molecule has 1 saturated heterocycles. The number of carbonyl (C=O) groups is 2. The van der Waals surface area contributed by atoms with Gasteiger partial charge >= 0.3 is 0 Å². The molecule has 2 aliphatic heterocycles. The highest BCUT2D eigenvalue weighted by molar-refractivity contribution is 7.08. The summed E-state index contributed by atoms with van der Waals surface area (Å²) in [5.41, 5.74) is 3.43. The van der Waals surface area contributed by atoms with Gasteiger partial charge < -0.3 is 19.7 Å². The maximum atomic E-state index is 13.6. The van der Waals surface area contributed by atoms with Crippen molar-refractivity contribution in [2.75, 3.05) is 26.2 Å². The van der Waals surface area contributed by atoms with Gasteiger partial charge in [-0.1, -0.05) is 0 Å². The Bertz CT molecular complexity index is 1120. The lowest BCUT2D eigenvalue weighted by Gasteiger charge is -2.35. The van der Waals surface area contributed by atoms with Gasteiger partial charge in [-0.2, -0.15) is 11.3 Å². The molecule has 10 heteroatoms. The molecule has 208 valence electrons. The second kappa shape index (κ2) is 11.4. The summed E-state index contributed by atoms with van der Waals surface area (Å²) in [5.74, 6) is -1.88. The zero-order valence-electron chi connectivity index (χ0n) is 22.4. The molecule has 38 heavy (non-hydrogen) atoms. The number of likely N-dealkylation sites (tertiary alicyclic amines) is 1. The molecule has 1 atom stereocenters. The Labute approximate surface area is 227 Å². The van der Waals surface area contributed by atoms with Crippen molar-refractivity contribution >= 4 is 23.2 Å². The quantitative estimate of drug-likeness (QED) is 0.537. The lowest BCUT2D eigenvalue weighted by molar-refractivity contribution is -0.130. The van der Waals surface area contributed by atoms with Crippen molar-refractivity contribution in [3.63, 3.8) is 0 Å². The Balaban J connectivity index is 1.15. The van der Waals surface area contributed by atoms with Crippen molar-refractivity contribution in [1.29, 1.82) is 0 Å². The van der Waals surface area contributed by atoms with Gasteiger partial charge in [-0.15, -0.1) is 0 Å². The van der Waals surface area contributed by atoms with Crippen LogP contribution in [0.4, 0.5) is 8.78 Å². The summed E-state index contributed by atoms with van der Waals surface area (Å²) in [6, 6.07) is 2.37. The predicted molar refractivity (Wildman–Crippen MR) is 143 cm³/mol. The monoisotopic (exact) mass is 547 g/mol. The maximum absolute atomic E-state index is 13.6. The molecule has 1 N–H and O–H groups in total. The molecule has 0 bridgehead atoms. The standard InChI is InChI=1S/C28H39F2N5O2S/c1-19-31-25-17-34(20(2)36)15-8-26(25)35(19)23-5-12-33(13-6-23)14-7-24(22-9-16-38-18-22)32-27(37)21-3-10-28(29,30)11-4-21/h9,16,18,21,23-24H,3-8,10-15,17H2,1-2H3,(H,32,37)/t24-/m0/s1. The van der Waals surface area contributed by atoms with E-state index in [1.165, 1.54) is 5.69 Å². The maximum Gasteiger partial charge on any atom is 0.248 e. The fraction of sp³-hybridized carbons (Fsp3) is 0.679. The number of alkyl halides is 2. The number of aromatic nitrogens is 2. The molecule has 4 heterocycles. The zero-order chi connectivity index (χ0) is 26.9. The highest BCUT2D eigenvalue weighted by Gasteiger charge is 2.38. The van der Waals surface area contributed by atoms with Gasteiger partial charge in [0.15, 0.2) is 0 Å². The lowest BCUT2D eigenvalue weighted by Crippen LogP contribution is -2.40. The average Bonchev–Trinajstić information content (AvgIpc) is 3.54. The van der Waals surface area contributed by atoms with Crippen LogP contribution < -0.4 is 5.32 Å². The lowest BCUT2D eigenvalue weighted by atomic mass is 9.86. The van der Waals surface area contributed by atoms with Gasteiger partial charge in [0.25, 0.3) is 0 Å². The molecule has 3 aliphatic rings. The van der Waals surface area contributed by atoms with Crippen molar-refractivity contribution < 1.29 is 18.4 Å². The zero-order valence-corrected chi connectivity index (χ0v) is 23.2. The smallest absolute Gasteiger partial charge is 0.248 e. The Morgan fingerprint density at radius 3 is 2.58 bits per heavy atom. The number of fused-ring (bicyclic) bond motifs is 1. The van der Waals surface area contributed by atoms with E-state index >= 15 is 0 Å². The van der Waals surface area contributed by atoms with Crippen LogP contribution in [0.5, 0.6) is 0 Å². The number of halogens is 2. The SMILES string of the molecule is CC(=O)N1CCc2c(nc(C)n2C2CCN(CC[C@H](NC(=O)C3CCC(F)(F)CC3)c3ccsc3)CC2)C1. The minimum Gasteiger partial charge on any atom is -0.349 e. The van der Waals surface area contributed by atoms with Crippen molar-refractivity contribution in [2.24, 2.45) is 5.92 Å². The van der Waals surface area contributed by atoms with E-state index in [0.29, 0.717) is 12.6 Å². The number of nitrogens with zero attached hydrogens (tertiary/aromatic N) is 4. The van der Waals surface area contributed by atoms with E-state index in [0.717, 1.165) is 68.9 Å². The molecule has 5 rings (SSSR count). The highest BCUT2D eigenvalue weighted by atomic mass is 32.1. The number of hydrogen-bond acceptors (Lipinski definition) is 5. The van der Waals surface area contributed by atoms with Crippen LogP contribution in [0.3, 0.4) is 0 Å². The number of carbonyl (C=O) groups excluding carboxylic acids is 2. The third kappa shape index (κ3) is 6.11. The number of piperidine rings is 1. The van der Waals surface area contributed by atoms with E-state index in [1.54, 1.807) is 18.3 Å². The molecule has 0 spiro atoms. The number of imidazole rings is 1. The molecule has 1 saturated carbocycles. The van der Waals surface area contributed by atoms with Crippen LogP contribution in [0.15, 0.2) is 16.8 Å². The summed E-state index contributed by atoms with van der Waals surface area (Å²) in [7, 11) is 0. The van der Waals surface area contributed by atoms with E-state index in [-0.39, 0.29) is 49.5 Å². The van der Waals surface area contributed by atoms with Crippen LogP contribution in [-0.2, 0) is 22.6 Å². The van der Waals surface area contributed by atoms with Crippen molar-refractivity contribution in [3.05, 3.63) is 39.6 Å². The minimum atomic E-state index is -2.63. The molecular weight excluding hydrogens is 508 g/mol. The summed E-state index contributed by atoms with van der Waals surface area (Å²) in [5, 5.41) is 7.29. The van der Waals surface area contributed by atoms with Crippen molar-refractivity contribution in [3.8, 4) is 0 Å². The Kier molecular flexibility index (Phi) is 8.19. The fourth-order valence-corrected chi connectivity index (χ4v) is 7.11. The largest absolute Gasteiger partial charge is 0.349 e. The van der Waals surface area contributed by atoms with Gasteiger partial charge in [-0.3, -0.25) is 9.59 Å². The number of rotatable bonds is 7. The number of thiophene rings is 1. The first-order valence-corrected chi connectivity index (χ1v) is 14.9. The molecule has 2 aromatic rings. The second-order valence-corrected chi connectivity index (χ2v) is 12.0. The normalized spacial score (nSPS) is 21.7. The van der Waals surface area contributed by atoms with Crippen molar-refractivity contribution in [2.45, 2.75) is 89.8 Å². The van der Waals surface area contributed by atoms with Crippen LogP contribution in [-0.4, -0.2) is 63.3 Å². The number of hydrogen-bond donors (Lipinski definition) is 1. The highest BCUT2D eigenvalue weighted by Crippen LogP contribution is 2.37. The molecule has 0 aromatic carbocycles. The summed E-state index contributed by atoms with van der Waals surface area (Å²) >= 11 is 1.61. The fourth-order valence-electron chi connectivity index (χ4n) is 6.39. The number of nitrogens with one attached hydrogen (secondary N) is 1. The predicted octanol–water partition coefficient (Wildman–Crippen LogP) is 4.87. The third-order valence-corrected chi connectivity index (χ3v) is 9.38. The first kappa shape index (κ1) is 27.2. The minimum absolute atomic E-state index is 0.0842. The van der Waals surface area contributed by atoms with Gasteiger partial charge in [-0.25, -0.2) is 13.8 Å². The average molecular weight is 548 g/mol. The summed E-state index contributed by atoms with van der Waals surface area (Å²) in [4.78, 5) is 33.9. The van der Waals surface area contributed by atoms with Crippen LogP contribution in [0.25, 0.3) is 0 Å². The first-order chi connectivity index (χ1) is 18.2. The number of aryl methyl sites for hydroxylation is 1. The van der Waals surface area contributed by atoms with Crippen molar-refractivity contribution in [1.82, 2.24) is 24.7 Å². The molecular formula is C28H39F2N5O2S. The summed E-state index contributed by atoms with van der Waals surface area (Å²) in [6.45, 7) is 7.91. The topological polar surface area (TPSA) is 70.5 Å². The van der Waals surface area contributed by atoms with Crippen LogP contribution >= 0.6 is 11.3 Å². The van der Waals surface area contributed by atoms with Gasteiger partial charge in [0.1, 0.15) is 5.82 Å². The van der Waals surface area contributed by atoms with Crippen LogP contribution in [0.1, 0.15) is 86.7 Å². The summed E-state index contributed by atoms with van der Waals surface area (Å²) < 4.78 is 29.6. The molecule has 2 fully saturated rings. The molecule has 7 nitrogen and oxygen atoms in total. The Morgan fingerprint density at radius 1 is 1.18 bits per heavy atom. The second-order valence-electron chi connectivity index (χ2n) is 11.2. The molecule has 1 aliphatic carbocycles. The molecule has 2 amide bonds. The van der Waals surface area contributed by atoms with Gasteiger partial charge in [-0.05, 0) is 61.4 Å². The number of amides is 2. The Morgan fingerprint density at radius 2 is 1.92 bits per heavy atom.